The molecule has 0 aromatic heterocycles. The van der Waals surface area contributed by atoms with Gasteiger partial charge in [-0.3, -0.25) is 14.5 Å². The number of carbonyl (C=O) groups excluding carboxylic acids is 2. The molecule has 0 radical (unpaired) electrons. The molecule has 0 aliphatic carbocycles. The first-order valence-electron chi connectivity index (χ1n) is 11.6. The van der Waals surface area contributed by atoms with Crippen LogP contribution >= 0.6 is 0 Å². The lowest BCUT2D eigenvalue weighted by Gasteiger charge is -2.45. The Labute approximate surface area is 191 Å². The van der Waals surface area contributed by atoms with Crippen molar-refractivity contribution in [1.29, 1.82) is 0 Å². The minimum absolute atomic E-state index is 0.0938. The van der Waals surface area contributed by atoms with Crippen molar-refractivity contribution in [1.82, 2.24) is 14.7 Å². The van der Waals surface area contributed by atoms with Crippen LogP contribution in [0.5, 0.6) is 0 Å². The summed E-state index contributed by atoms with van der Waals surface area (Å²) < 4.78 is 0. The van der Waals surface area contributed by atoms with Gasteiger partial charge in [0, 0.05) is 52.7 Å². The van der Waals surface area contributed by atoms with E-state index in [2.05, 4.69) is 41.3 Å². The Kier molecular flexibility index (Phi) is 7.05. The summed E-state index contributed by atoms with van der Waals surface area (Å²) in [5, 5.41) is 0. The molecule has 0 spiro atoms. The molecule has 0 atom stereocenters. The van der Waals surface area contributed by atoms with Gasteiger partial charge >= 0.3 is 0 Å². The van der Waals surface area contributed by atoms with Gasteiger partial charge in [-0.25, -0.2) is 0 Å². The lowest BCUT2D eigenvalue weighted by atomic mass is 9.71. The Balaban J connectivity index is 1.39. The predicted octanol–water partition coefficient (Wildman–Crippen LogP) is 3.42. The van der Waals surface area contributed by atoms with E-state index < -0.39 is 5.41 Å². The average Bonchev–Trinajstić information content (AvgIpc) is 2.85. The van der Waals surface area contributed by atoms with Gasteiger partial charge in [-0.15, -0.1) is 0 Å². The largest absolute Gasteiger partial charge is 0.343 e. The van der Waals surface area contributed by atoms with Gasteiger partial charge in [0.1, 0.15) is 0 Å². The van der Waals surface area contributed by atoms with E-state index >= 15 is 0 Å². The molecule has 5 heteroatoms. The molecule has 0 N–H and O–H groups in total. The molecule has 0 saturated carbocycles. The topological polar surface area (TPSA) is 43.9 Å². The minimum Gasteiger partial charge on any atom is -0.343 e. The van der Waals surface area contributed by atoms with Gasteiger partial charge in [-0.2, -0.15) is 0 Å². The zero-order valence-electron chi connectivity index (χ0n) is 19.0. The smallest absolute Gasteiger partial charge is 0.233 e. The highest BCUT2D eigenvalue weighted by Gasteiger charge is 2.45. The molecule has 2 aromatic carbocycles. The summed E-state index contributed by atoms with van der Waals surface area (Å²) in [6.45, 7) is 7.06. The molecule has 4 rings (SSSR count). The summed E-state index contributed by atoms with van der Waals surface area (Å²) in [6.07, 6.45) is 5.74. The summed E-state index contributed by atoms with van der Waals surface area (Å²) in [5.41, 5.74) is 1.77. The first-order chi connectivity index (χ1) is 15.6. The van der Waals surface area contributed by atoms with Gasteiger partial charge in [0.2, 0.25) is 11.8 Å². The van der Waals surface area contributed by atoms with E-state index in [0.29, 0.717) is 25.9 Å². The van der Waals surface area contributed by atoms with E-state index in [1.807, 2.05) is 46.2 Å². The third-order valence-corrected chi connectivity index (χ3v) is 6.93. The summed E-state index contributed by atoms with van der Waals surface area (Å²) >= 11 is 0. The fourth-order valence-electron chi connectivity index (χ4n) is 4.92. The molecule has 0 bridgehead atoms. The summed E-state index contributed by atoms with van der Waals surface area (Å²) in [7, 11) is 0. The van der Waals surface area contributed by atoms with Crippen LogP contribution in [0.3, 0.4) is 0 Å². The summed E-state index contributed by atoms with van der Waals surface area (Å²) in [6, 6.07) is 20.5. The molecule has 2 aliphatic rings. The van der Waals surface area contributed by atoms with E-state index in [1.54, 1.807) is 6.92 Å². The second-order valence-corrected chi connectivity index (χ2v) is 8.86. The van der Waals surface area contributed by atoms with E-state index in [-0.39, 0.29) is 11.8 Å². The summed E-state index contributed by atoms with van der Waals surface area (Å²) in [5.74, 6) is 0.322. The standard InChI is InChI=1S/C27H33N3O2/c1-23(31)29-17-14-27(15-18-29,25-12-6-3-7-13-25)26(32)30-21-19-28(20-22-30)16-8-11-24-9-4-2-5-10-24/h2-13H,14-22H2,1H3/b11-8+. The van der Waals surface area contributed by atoms with Gasteiger partial charge in [-0.05, 0) is 24.0 Å². The van der Waals surface area contributed by atoms with Crippen molar-refractivity contribution < 1.29 is 9.59 Å². The number of likely N-dealkylation sites (tertiary alicyclic amines) is 1. The second kappa shape index (κ2) is 10.1. The highest BCUT2D eigenvalue weighted by atomic mass is 16.2. The van der Waals surface area contributed by atoms with Crippen molar-refractivity contribution in [2.75, 3.05) is 45.8 Å². The van der Waals surface area contributed by atoms with Crippen LogP contribution in [0, 0.1) is 0 Å². The molecule has 168 valence electrons. The van der Waals surface area contributed by atoms with Crippen LogP contribution in [-0.2, 0) is 15.0 Å². The van der Waals surface area contributed by atoms with Crippen LogP contribution in [0.25, 0.3) is 6.08 Å². The molecule has 32 heavy (non-hydrogen) atoms. The Hall–Kier alpha value is -2.92. The van der Waals surface area contributed by atoms with Crippen LogP contribution in [-0.4, -0.2) is 72.3 Å². The molecular weight excluding hydrogens is 398 g/mol. The number of amides is 2. The molecule has 2 aliphatic heterocycles. The van der Waals surface area contributed by atoms with E-state index in [0.717, 1.165) is 38.3 Å². The number of hydrogen-bond acceptors (Lipinski definition) is 3. The van der Waals surface area contributed by atoms with Crippen molar-refractivity contribution in [3.63, 3.8) is 0 Å². The maximum absolute atomic E-state index is 13.8. The Morgan fingerprint density at radius 1 is 0.812 bits per heavy atom. The molecule has 0 unspecified atom stereocenters. The zero-order valence-corrected chi connectivity index (χ0v) is 19.0. The van der Waals surface area contributed by atoms with Crippen LogP contribution < -0.4 is 0 Å². The van der Waals surface area contributed by atoms with Gasteiger partial charge in [0.15, 0.2) is 0 Å². The van der Waals surface area contributed by atoms with Crippen molar-refractivity contribution in [2.24, 2.45) is 0 Å². The fraction of sp³-hybridized carbons (Fsp3) is 0.407. The van der Waals surface area contributed by atoms with Crippen molar-refractivity contribution >= 4 is 17.9 Å². The predicted molar refractivity (Wildman–Crippen MR) is 128 cm³/mol. The Bertz CT molecular complexity index is 926. The Morgan fingerprint density at radius 3 is 2.00 bits per heavy atom. The van der Waals surface area contributed by atoms with E-state index in [1.165, 1.54) is 5.56 Å². The quantitative estimate of drug-likeness (QED) is 0.729. The fourth-order valence-corrected chi connectivity index (χ4v) is 4.92. The first kappa shape index (κ1) is 22.3. The number of piperazine rings is 1. The Morgan fingerprint density at radius 2 is 1.41 bits per heavy atom. The highest BCUT2D eigenvalue weighted by molar-refractivity contribution is 5.89. The van der Waals surface area contributed by atoms with Crippen LogP contribution in [0.15, 0.2) is 66.7 Å². The molecular formula is C27H33N3O2. The normalized spacial score (nSPS) is 19.3. The average molecular weight is 432 g/mol. The van der Waals surface area contributed by atoms with Crippen molar-refractivity contribution in [3.8, 4) is 0 Å². The van der Waals surface area contributed by atoms with Gasteiger partial charge in [0.05, 0.1) is 5.41 Å². The first-order valence-corrected chi connectivity index (χ1v) is 11.6. The molecule has 5 nitrogen and oxygen atoms in total. The maximum Gasteiger partial charge on any atom is 0.233 e. The molecule has 2 heterocycles. The SMILES string of the molecule is CC(=O)N1CCC(C(=O)N2CCN(C/C=C/c3ccccc3)CC2)(c2ccccc2)CC1. The van der Waals surface area contributed by atoms with Crippen LogP contribution in [0.4, 0.5) is 0 Å². The zero-order chi connectivity index (χ0) is 22.4. The van der Waals surface area contributed by atoms with Gasteiger partial charge in [-0.1, -0.05) is 72.8 Å². The summed E-state index contributed by atoms with van der Waals surface area (Å²) in [4.78, 5) is 32.0. The number of benzene rings is 2. The molecule has 2 amide bonds. The van der Waals surface area contributed by atoms with E-state index in [4.69, 9.17) is 0 Å². The van der Waals surface area contributed by atoms with Crippen LogP contribution in [0.1, 0.15) is 30.9 Å². The lowest BCUT2D eigenvalue weighted by molar-refractivity contribution is -0.143. The second-order valence-electron chi connectivity index (χ2n) is 8.86. The number of hydrogen-bond donors (Lipinski definition) is 0. The number of rotatable bonds is 5. The van der Waals surface area contributed by atoms with Gasteiger partial charge in [0.25, 0.3) is 0 Å². The number of piperidine rings is 1. The minimum atomic E-state index is -0.525. The highest BCUT2D eigenvalue weighted by Crippen LogP contribution is 2.37. The van der Waals surface area contributed by atoms with Crippen LogP contribution in [0.2, 0.25) is 0 Å². The molecule has 2 saturated heterocycles. The monoisotopic (exact) mass is 431 g/mol. The molecule has 2 aromatic rings. The maximum atomic E-state index is 13.8. The van der Waals surface area contributed by atoms with Crippen molar-refractivity contribution in [2.45, 2.75) is 25.2 Å². The number of nitrogens with zero attached hydrogens (tertiary/aromatic N) is 3. The third kappa shape index (κ3) is 4.94. The third-order valence-electron chi connectivity index (χ3n) is 6.93. The van der Waals surface area contributed by atoms with Gasteiger partial charge < -0.3 is 9.80 Å². The number of carbonyl (C=O) groups is 2. The molecule has 2 fully saturated rings. The van der Waals surface area contributed by atoms with Crippen molar-refractivity contribution in [3.05, 3.63) is 77.9 Å². The van der Waals surface area contributed by atoms with E-state index in [9.17, 15) is 9.59 Å². The lowest BCUT2D eigenvalue weighted by Crippen LogP contribution is -2.57.